The van der Waals surface area contributed by atoms with Crippen LogP contribution in [0.15, 0.2) is 12.1 Å². The number of aryl methyl sites for hydroxylation is 2. The summed E-state index contributed by atoms with van der Waals surface area (Å²) in [7, 11) is 1.59. The third-order valence-electron chi connectivity index (χ3n) is 2.44. The lowest BCUT2D eigenvalue weighted by Gasteiger charge is -2.14. The maximum atomic E-state index is 10.5. The largest absolute Gasteiger partial charge is 0.496 e. The molecule has 4 nitrogen and oxygen atoms in total. The molecule has 0 saturated heterocycles. The number of carbonyl (C=O) groups is 1. The Morgan fingerprint density at radius 1 is 1.38 bits per heavy atom. The van der Waals surface area contributed by atoms with E-state index in [1.807, 2.05) is 13.8 Å². The molecule has 0 aliphatic rings. The standard InChI is InChI=1S/C12H16O4/c1-7-4-9(10(13)6-11(14)15)5-8(2)12(7)16-3/h4-5,10,13H,6H2,1-3H3,(H,14,15). The normalized spacial score (nSPS) is 12.2. The first-order valence-electron chi connectivity index (χ1n) is 5.00. The molecule has 0 fully saturated rings. The average molecular weight is 224 g/mol. The number of benzene rings is 1. The van der Waals surface area contributed by atoms with Crippen LogP contribution < -0.4 is 4.74 Å². The Bertz CT molecular complexity index is 375. The van der Waals surface area contributed by atoms with Gasteiger partial charge in [-0.3, -0.25) is 4.79 Å². The van der Waals surface area contributed by atoms with Crippen molar-refractivity contribution in [1.29, 1.82) is 0 Å². The maximum Gasteiger partial charge on any atom is 0.306 e. The van der Waals surface area contributed by atoms with E-state index in [0.29, 0.717) is 5.56 Å². The number of aliphatic hydroxyl groups excluding tert-OH is 1. The molecule has 0 radical (unpaired) electrons. The highest BCUT2D eigenvalue weighted by Gasteiger charge is 2.14. The number of carboxylic acids is 1. The predicted octanol–water partition coefficient (Wildman–Crippen LogP) is 1.82. The smallest absolute Gasteiger partial charge is 0.306 e. The predicted molar refractivity (Wildman–Crippen MR) is 59.7 cm³/mol. The highest BCUT2D eigenvalue weighted by molar-refractivity contribution is 5.67. The van der Waals surface area contributed by atoms with E-state index in [0.717, 1.165) is 16.9 Å². The minimum Gasteiger partial charge on any atom is -0.496 e. The molecule has 0 spiro atoms. The van der Waals surface area contributed by atoms with Gasteiger partial charge in [-0.25, -0.2) is 0 Å². The number of aliphatic carboxylic acids is 1. The molecule has 0 bridgehead atoms. The van der Waals surface area contributed by atoms with E-state index >= 15 is 0 Å². The Hall–Kier alpha value is -1.55. The van der Waals surface area contributed by atoms with Crippen molar-refractivity contribution in [1.82, 2.24) is 0 Å². The van der Waals surface area contributed by atoms with E-state index in [-0.39, 0.29) is 6.42 Å². The van der Waals surface area contributed by atoms with Gasteiger partial charge in [-0.1, -0.05) is 0 Å². The number of hydrogen-bond acceptors (Lipinski definition) is 3. The lowest BCUT2D eigenvalue weighted by atomic mass is 10.0. The summed E-state index contributed by atoms with van der Waals surface area (Å²) in [5.74, 6) is -0.245. The molecular formula is C12H16O4. The van der Waals surface area contributed by atoms with Crippen molar-refractivity contribution in [2.24, 2.45) is 0 Å². The fraction of sp³-hybridized carbons (Fsp3) is 0.417. The number of methoxy groups -OCH3 is 1. The number of ether oxygens (including phenoxy) is 1. The Morgan fingerprint density at radius 3 is 2.25 bits per heavy atom. The lowest BCUT2D eigenvalue weighted by molar-refractivity contribution is -0.139. The van der Waals surface area contributed by atoms with Gasteiger partial charge in [0, 0.05) is 0 Å². The molecule has 1 aromatic carbocycles. The molecule has 0 amide bonds. The Balaban J connectivity index is 3.03. The second-order valence-electron chi connectivity index (χ2n) is 3.80. The molecule has 2 N–H and O–H groups in total. The van der Waals surface area contributed by atoms with Crippen molar-refractivity contribution >= 4 is 5.97 Å². The molecule has 0 aliphatic carbocycles. The topological polar surface area (TPSA) is 66.8 Å². The molecule has 0 aliphatic heterocycles. The summed E-state index contributed by atoms with van der Waals surface area (Å²) in [6.45, 7) is 3.73. The molecule has 1 atom stereocenters. The van der Waals surface area contributed by atoms with Crippen LogP contribution in [0, 0.1) is 13.8 Å². The highest BCUT2D eigenvalue weighted by Crippen LogP contribution is 2.28. The summed E-state index contributed by atoms with van der Waals surface area (Å²) in [6, 6.07) is 3.50. The third kappa shape index (κ3) is 2.73. The molecule has 4 heteroatoms. The molecule has 1 rings (SSSR count). The first-order chi connectivity index (χ1) is 7.45. The van der Waals surface area contributed by atoms with E-state index in [1.54, 1.807) is 19.2 Å². The zero-order valence-electron chi connectivity index (χ0n) is 9.65. The monoisotopic (exact) mass is 224 g/mol. The van der Waals surface area contributed by atoms with Crippen LogP contribution in [0.1, 0.15) is 29.2 Å². The van der Waals surface area contributed by atoms with Gasteiger partial charge in [0.25, 0.3) is 0 Å². The Labute approximate surface area is 94.5 Å². The molecular weight excluding hydrogens is 208 g/mol. The summed E-state index contributed by atoms with van der Waals surface area (Å²) in [5, 5.41) is 18.3. The van der Waals surface area contributed by atoms with Crippen molar-refractivity contribution in [2.75, 3.05) is 7.11 Å². The molecule has 1 aromatic rings. The van der Waals surface area contributed by atoms with E-state index in [2.05, 4.69) is 0 Å². The van der Waals surface area contributed by atoms with Crippen LogP contribution in [0.25, 0.3) is 0 Å². The summed E-state index contributed by atoms with van der Waals surface area (Å²) >= 11 is 0. The van der Waals surface area contributed by atoms with Crippen molar-refractivity contribution in [2.45, 2.75) is 26.4 Å². The van der Waals surface area contributed by atoms with Crippen LogP contribution in [-0.4, -0.2) is 23.3 Å². The van der Waals surface area contributed by atoms with Crippen LogP contribution >= 0.6 is 0 Å². The van der Waals surface area contributed by atoms with Crippen molar-refractivity contribution in [3.8, 4) is 5.75 Å². The minimum atomic E-state index is -1.02. The van der Waals surface area contributed by atoms with Gasteiger partial charge in [0.1, 0.15) is 5.75 Å². The number of carboxylic acid groups (broad SMARTS) is 1. The van der Waals surface area contributed by atoms with Crippen LogP contribution in [0.5, 0.6) is 5.75 Å². The van der Waals surface area contributed by atoms with E-state index in [9.17, 15) is 9.90 Å². The van der Waals surface area contributed by atoms with Gasteiger partial charge in [-0.05, 0) is 42.7 Å². The molecule has 88 valence electrons. The highest BCUT2D eigenvalue weighted by atomic mass is 16.5. The maximum absolute atomic E-state index is 10.5. The SMILES string of the molecule is COc1c(C)cc(C(O)CC(=O)O)cc1C. The number of rotatable bonds is 4. The Morgan fingerprint density at radius 2 is 1.88 bits per heavy atom. The second kappa shape index (κ2) is 4.99. The van der Waals surface area contributed by atoms with Crippen molar-refractivity contribution < 1.29 is 19.7 Å². The van der Waals surface area contributed by atoms with Crippen LogP contribution in [0.2, 0.25) is 0 Å². The molecule has 0 aromatic heterocycles. The fourth-order valence-electron chi connectivity index (χ4n) is 1.78. The average Bonchev–Trinajstić information content (AvgIpc) is 2.16. The first-order valence-corrected chi connectivity index (χ1v) is 5.00. The van der Waals surface area contributed by atoms with E-state index in [4.69, 9.17) is 9.84 Å². The molecule has 0 heterocycles. The number of hydrogen-bond donors (Lipinski definition) is 2. The first kappa shape index (κ1) is 12.5. The molecule has 0 saturated carbocycles. The molecule has 1 unspecified atom stereocenters. The molecule has 16 heavy (non-hydrogen) atoms. The van der Waals surface area contributed by atoms with E-state index in [1.165, 1.54) is 0 Å². The van der Waals surface area contributed by atoms with Crippen molar-refractivity contribution in [3.05, 3.63) is 28.8 Å². The van der Waals surface area contributed by atoms with Gasteiger partial charge in [0.2, 0.25) is 0 Å². The zero-order chi connectivity index (χ0) is 12.3. The lowest BCUT2D eigenvalue weighted by Crippen LogP contribution is -2.06. The van der Waals surface area contributed by atoms with Gasteiger partial charge >= 0.3 is 5.97 Å². The quantitative estimate of drug-likeness (QED) is 0.818. The van der Waals surface area contributed by atoms with Gasteiger partial charge < -0.3 is 14.9 Å². The zero-order valence-corrected chi connectivity index (χ0v) is 9.65. The van der Waals surface area contributed by atoms with Crippen LogP contribution in [0.4, 0.5) is 0 Å². The summed E-state index contributed by atoms with van der Waals surface area (Å²) in [5.41, 5.74) is 2.39. The van der Waals surface area contributed by atoms with Gasteiger partial charge in [-0.15, -0.1) is 0 Å². The summed E-state index contributed by atoms with van der Waals surface area (Å²) < 4.78 is 5.19. The minimum absolute atomic E-state index is 0.286. The van der Waals surface area contributed by atoms with Crippen LogP contribution in [0.3, 0.4) is 0 Å². The van der Waals surface area contributed by atoms with Crippen molar-refractivity contribution in [3.63, 3.8) is 0 Å². The van der Waals surface area contributed by atoms with Gasteiger partial charge in [0.15, 0.2) is 0 Å². The second-order valence-corrected chi connectivity index (χ2v) is 3.80. The number of aliphatic hydroxyl groups is 1. The van der Waals surface area contributed by atoms with E-state index < -0.39 is 12.1 Å². The van der Waals surface area contributed by atoms with Gasteiger partial charge in [0.05, 0.1) is 19.6 Å². The van der Waals surface area contributed by atoms with Crippen LogP contribution in [-0.2, 0) is 4.79 Å². The summed E-state index contributed by atoms with van der Waals surface area (Å²) in [6.07, 6.45) is -1.26. The van der Waals surface area contributed by atoms with Gasteiger partial charge in [-0.2, -0.15) is 0 Å². The Kier molecular flexibility index (Phi) is 3.90. The fourth-order valence-corrected chi connectivity index (χ4v) is 1.78. The summed E-state index contributed by atoms with van der Waals surface area (Å²) in [4.78, 5) is 10.5. The third-order valence-corrected chi connectivity index (χ3v) is 2.44.